The van der Waals surface area contributed by atoms with Crippen LogP contribution >= 0.6 is 0 Å². The molecule has 17 heavy (non-hydrogen) atoms. The van der Waals surface area contributed by atoms with Crippen LogP contribution in [-0.4, -0.2) is 23.7 Å². The predicted molar refractivity (Wildman–Crippen MR) is 69.2 cm³/mol. The Morgan fingerprint density at radius 3 is 2.29 bits per heavy atom. The number of nitrogens with one attached hydrogen (secondary N) is 1. The van der Waals surface area contributed by atoms with Crippen LogP contribution in [0.1, 0.15) is 49.0 Å². The highest BCUT2D eigenvalue weighted by atomic mass is 16.3. The molecule has 0 saturated carbocycles. The van der Waals surface area contributed by atoms with E-state index in [1.54, 1.807) is 0 Å². The first kappa shape index (κ1) is 13.7. The predicted octanol–water partition coefficient (Wildman–Crippen LogP) is 2.31. The smallest absolute Gasteiger partial charge is 0.251 e. The van der Waals surface area contributed by atoms with Gasteiger partial charge in [-0.15, -0.1) is 0 Å². The van der Waals surface area contributed by atoms with Crippen molar-refractivity contribution in [2.45, 2.75) is 39.2 Å². The summed E-state index contributed by atoms with van der Waals surface area (Å²) in [6.45, 7) is 6.15. The summed E-state index contributed by atoms with van der Waals surface area (Å²) in [7, 11) is 0. The first-order valence-electron chi connectivity index (χ1n) is 6.10. The normalized spacial score (nSPS) is 12.5. The minimum Gasteiger partial charge on any atom is -0.394 e. The maximum atomic E-state index is 11.8. The Morgan fingerprint density at radius 1 is 1.29 bits per heavy atom. The van der Waals surface area contributed by atoms with E-state index in [2.05, 4.69) is 19.2 Å². The lowest BCUT2D eigenvalue weighted by Crippen LogP contribution is -2.36. The van der Waals surface area contributed by atoms with E-state index in [4.69, 9.17) is 5.11 Å². The van der Waals surface area contributed by atoms with Gasteiger partial charge in [0.2, 0.25) is 0 Å². The molecule has 3 nitrogen and oxygen atoms in total. The SMILES string of the molecule is CC[C@H](CO)NC(=O)c1ccc(C(C)C)cc1. The Hall–Kier alpha value is -1.35. The van der Waals surface area contributed by atoms with Gasteiger partial charge in [0, 0.05) is 5.56 Å². The average molecular weight is 235 g/mol. The van der Waals surface area contributed by atoms with Gasteiger partial charge >= 0.3 is 0 Å². The maximum Gasteiger partial charge on any atom is 0.251 e. The highest BCUT2D eigenvalue weighted by Crippen LogP contribution is 2.14. The summed E-state index contributed by atoms with van der Waals surface area (Å²) in [6, 6.07) is 7.44. The Bertz CT molecular complexity index is 353. The highest BCUT2D eigenvalue weighted by molar-refractivity contribution is 5.94. The third-order valence-electron chi connectivity index (χ3n) is 2.89. The molecule has 0 spiro atoms. The van der Waals surface area contributed by atoms with Crippen LogP contribution in [0.4, 0.5) is 0 Å². The van der Waals surface area contributed by atoms with Gasteiger partial charge in [-0.25, -0.2) is 0 Å². The molecule has 0 aromatic heterocycles. The number of carbonyl (C=O) groups excluding carboxylic acids is 1. The quantitative estimate of drug-likeness (QED) is 0.822. The molecule has 0 aliphatic carbocycles. The molecule has 0 saturated heterocycles. The van der Waals surface area contributed by atoms with Crippen molar-refractivity contribution in [3.63, 3.8) is 0 Å². The van der Waals surface area contributed by atoms with E-state index in [1.165, 1.54) is 5.56 Å². The van der Waals surface area contributed by atoms with Crippen LogP contribution < -0.4 is 5.32 Å². The summed E-state index contributed by atoms with van der Waals surface area (Å²) in [5.74, 6) is 0.342. The topological polar surface area (TPSA) is 49.3 Å². The zero-order valence-electron chi connectivity index (χ0n) is 10.7. The highest BCUT2D eigenvalue weighted by Gasteiger charge is 2.11. The van der Waals surface area contributed by atoms with Gasteiger partial charge in [0.1, 0.15) is 0 Å². The molecule has 0 fully saturated rings. The molecule has 1 atom stereocenters. The van der Waals surface area contributed by atoms with Gasteiger partial charge in [0.25, 0.3) is 5.91 Å². The zero-order chi connectivity index (χ0) is 12.8. The summed E-state index contributed by atoms with van der Waals surface area (Å²) in [5, 5.41) is 11.8. The molecule has 2 N–H and O–H groups in total. The number of rotatable bonds is 5. The number of aliphatic hydroxyl groups is 1. The molecule has 1 rings (SSSR count). The van der Waals surface area contributed by atoms with Crippen LogP contribution in [0.15, 0.2) is 24.3 Å². The van der Waals surface area contributed by atoms with Crippen LogP contribution in [-0.2, 0) is 0 Å². The van der Waals surface area contributed by atoms with Gasteiger partial charge in [0.15, 0.2) is 0 Å². The maximum absolute atomic E-state index is 11.8. The molecular weight excluding hydrogens is 214 g/mol. The largest absolute Gasteiger partial charge is 0.394 e. The van der Waals surface area contributed by atoms with Crippen LogP contribution in [0.2, 0.25) is 0 Å². The minimum atomic E-state index is -0.160. The van der Waals surface area contributed by atoms with Crippen molar-refractivity contribution in [1.29, 1.82) is 0 Å². The van der Waals surface area contributed by atoms with Crippen LogP contribution in [0.5, 0.6) is 0 Å². The fourth-order valence-corrected chi connectivity index (χ4v) is 1.56. The molecular formula is C14H21NO2. The molecule has 1 aromatic rings. The van der Waals surface area contributed by atoms with Crippen LogP contribution in [0.25, 0.3) is 0 Å². The summed E-state index contributed by atoms with van der Waals surface area (Å²) in [5.41, 5.74) is 1.86. The van der Waals surface area contributed by atoms with Crippen LogP contribution in [0.3, 0.4) is 0 Å². The van der Waals surface area contributed by atoms with Crippen molar-refractivity contribution in [3.8, 4) is 0 Å². The molecule has 1 aromatic carbocycles. The van der Waals surface area contributed by atoms with Gasteiger partial charge in [-0.3, -0.25) is 4.79 Å². The Balaban J connectivity index is 2.69. The standard InChI is InChI=1S/C14H21NO2/c1-4-13(9-16)15-14(17)12-7-5-11(6-8-12)10(2)3/h5-8,10,13,16H,4,9H2,1-3H3,(H,15,17)/t13-/m1/s1. The van der Waals surface area contributed by atoms with E-state index in [0.717, 1.165) is 6.42 Å². The lowest BCUT2D eigenvalue weighted by molar-refractivity contribution is 0.0915. The summed E-state index contributed by atoms with van der Waals surface area (Å²) < 4.78 is 0. The Morgan fingerprint density at radius 2 is 1.88 bits per heavy atom. The van der Waals surface area contributed by atoms with E-state index in [0.29, 0.717) is 11.5 Å². The number of benzene rings is 1. The third-order valence-corrected chi connectivity index (χ3v) is 2.89. The number of carbonyl (C=O) groups is 1. The van der Waals surface area contributed by atoms with Crippen LogP contribution in [0, 0.1) is 0 Å². The lowest BCUT2D eigenvalue weighted by atomic mass is 10.0. The first-order chi connectivity index (χ1) is 8.08. The van der Waals surface area contributed by atoms with Crippen molar-refractivity contribution < 1.29 is 9.90 Å². The molecule has 0 bridgehead atoms. The second-order valence-corrected chi connectivity index (χ2v) is 4.54. The van der Waals surface area contributed by atoms with Gasteiger partial charge in [-0.2, -0.15) is 0 Å². The van der Waals surface area contributed by atoms with Crippen molar-refractivity contribution in [2.24, 2.45) is 0 Å². The van der Waals surface area contributed by atoms with Crippen molar-refractivity contribution >= 4 is 5.91 Å². The van der Waals surface area contributed by atoms with E-state index in [1.807, 2.05) is 31.2 Å². The Labute approximate surface area is 103 Å². The molecule has 0 heterocycles. The second-order valence-electron chi connectivity index (χ2n) is 4.54. The average Bonchev–Trinajstić information content (AvgIpc) is 2.35. The van der Waals surface area contributed by atoms with E-state index < -0.39 is 0 Å². The second kappa shape index (κ2) is 6.40. The molecule has 1 amide bonds. The summed E-state index contributed by atoms with van der Waals surface area (Å²) >= 11 is 0. The molecule has 0 unspecified atom stereocenters. The molecule has 3 heteroatoms. The number of hydrogen-bond donors (Lipinski definition) is 2. The van der Waals surface area contributed by atoms with Crippen molar-refractivity contribution in [3.05, 3.63) is 35.4 Å². The number of aliphatic hydroxyl groups excluding tert-OH is 1. The van der Waals surface area contributed by atoms with E-state index in [9.17, 15) is 4.79 Å². The van der Waals surface area contributed by atoms with Gasteiger partial charge in [-0.05, 0) is 30.0 Å². The number of amides is 1. The number of hydrogen-bond acceptors (Lipinski definition) is 2. The molecule has 0 aliphatic heterocycles. The van der Waals surface area contributed by atoms with Crippen molar-refractivity contribution in [2.75, 3.05) is 6.61 Å². The third kappa shape index (κ3) is 3.86. The monoisotopic (exact) mass is 235 g/mol. The van der Waals surface area contributed by atoms with E-state index in [-0.39, 0.29) is 18.6 Å². The van der Waals surface area contributed by atoms with Crippen molar-refractivity contribution in [1.82, 2.24) is 5.32 Å². The zero-order valence-corrected chi connectivity index (χ0v) is 10.7. The molecule has 0 radical (unpaired) electrons. The lowest BCUT2D eigenvalue weighted by Gasteiger charge is -2.14. The first-order valence-corrected chi connectivity index (χ1v) is 6.10. The summed E-state index contributed by atoms with van der Waals surface area (Å²) in [6.07, 6.45) is 0.728. The summed E-state index contributed by atoms with van der Waals surface area (Å²) in [4.78, 5) is 11.8. The minimum absolute atomic E-state index is 0.0215. The Kier molecular flexibility index (Phi) is 5.16. The van der Waals surface area contributed by atoms with Gasteiger partial charge in [-0.1, -0.05) is 32.9 Å². The van der Waals surface area contributed by atoms with Gasteiger partial charge < -0.3 is 10.4 Å². The fraction of sp³-hybridized carbons (Fsp3) is 0.500. The molecule has 94 valence electrons. The van der Waals surface area contributed by atoms with Gasteiger partial charge in [0.05, 0.1) is 12.6 Å². The fourth-order valence-electron chi connectivity index (χ4n) is 1.56. The van der Waals surface area contributed by atoms with E-state index >= 15 is 0 Å². The molecule has 0 aliphatic rings.